The van der Waals surface area contributed by atoms with Crippen LogP contribution in [0, 0.1) is 0 Å². The minimum atomic E-state index is 0.633. The van der Waals surface area contributed by atoms with Gasteiger partial charge in [-0.15, -0.1) is 0 Å². The number of halogens is 1. The molecule has 2 rings (SSSR count). The number of benzene rings is 1. The normalized spacial score (nSPS) is 19.5. The van der Waals surface area contributed by atoms with Gasteiger partial charge in [0.15, 0.2) is 0 Å². The van der Waals surface area contributed by atoms with Crippen molar-refractivity contribution in [3.8, 4) is 0 Å². The van der Waals surface area contributed by atoms with Crippen molar-refractivity contribution in [3.05, 3.63) is 28.8 Å². The Labute approximate surface area is 115 Å². The molecule has 1 fully saturated rings. The van der Waals surface area contributed by atoms with Gasteiger partial charge in [0.25, 0.3) is 0 Å². The van der Waals surface area contributed by atoms with Gasteiger partial charge in [-0.25, -0.2) is 0 Å². The van der Waals surface area contributed by atoms with Crippen molar-refractivity contribution >= 4 is 17.3 Å². The molecule has 100 valence electrons. The average molecular weight is 267 g/mol. The highest BCUT2D eigenvalue weighted by atomic mass is 35.5. The fraction of sp³-hybridized carbons (Fsp3) is 0.600. The van der Waals surface area contributed by atoms with Gasteiger partial charge in [-0.2, -0.15) is 0 Å². The summed E-state index contributed by atoms with van der Waals surface area (Å²) in [5.74, 6) is 0. The molecule has 0 aliphatic carbocycles. The lowest BCUT2D eigenvalue weighted by Crippen LogP contribution is -2.28. The predicted octanol–water partition coefficient (Wildman–Crippen LogP) is 3.83. The molecule has 3 heteroatoms. The second-order valence-corrected chi connectivity index (χ2v) is 5.51. The molecule has 1 aromatic carbocycles. The van der Waals surface area contributed by atoms with Crippen LogP contribution in [0.25, 0.3) is 0 Å². The van der Waals surface area contributed by atoms with Crippen LogP contribution in [-0.2, 0) is 6.54 Å². The number of hydrogen-bond donors (Lipinski definition) is 1. The van der Waals surface area contributed by atoms with Crippen molar-refractivity contribution < 1.29 is 0 Å². The number of anilines is 1. The summed E-state index contributed by atoms with van der Waals surface area (Å²) in [5, 5.41) is 4.34. The van der Waals surface area contributed by atoms with Crippen molar-refractivity contribution in [1.29, 1.82) is 0 Å². The van der Waals surface area contributed by atoms with Crippen LogP contribution in [0.1, 0.15) is 38.7 Å². The first-order valence-electron chi connectivity index (χ1n) is 6.98. The Balaban J connectivity index is 2.20. The monoisotopic (exact) mass is 266 g/mol. The zero-order valence-corrected chi connectivity index (χ0v) is 12.1. The standard InChI is InChI=1S/C15H23ClN2/c1-3-9-17-11-13-14(16)7-4-8-15(13)18-10-5-6-12(18)2/h4,7-8,12,17H,3,5-6,9-11H2,1-2H3. The third-order valence-corrected chi connectivity index (χ3v) is 4.04. The SMILES string of the molecule is CCCNCc1c(Cl)cccc1N1CCCC1C. The van der Waals surface area contributed by atoms with Crippen LogP contribution in [-0.4, -0.2) is 19.1 Å². The molecule has 1 N–H and O–H groups in total. The Morgan fingerprint density at radius 3 is 2.94 bits per heavy atom. The van der Waals surface area contributed by atoms with Crippen LogP contribution >= 0.6 is 11.6 Å². The minimum Gasteiger partial charge on any atom is -0.369 e. The van der Waals surface area contributed by atoms with E-state index < -0.39 is 0 Å². The van der Waals surface area contributed by atoms with E-state index in [0.717, 1.165) is 31.1 Å². The van der Waals surface area contributed by atoms with Crippen molar-refractivity contribution in [3.63, 3.8) is 0 Å². The maximum Gasteiger partial charge on any atom is 0.0471 e. The number of hydrogen-bond acceptors (Lipinski definition) is 2. The van der Waals surface area contributed by atoms with Gasteiger partial charge in [-0.3, -0.25) is 0 Å². The second kappa shape index (κ2) is 6.44. The van der Waals surface area contributed by atoms with E-state index in [1.807, 2.05) is 6.07 Å². The molecule has 1 aliphatic heterocycles. The zero-order chi connectivity index (χ0) is 13.0. The van der Waals surface area contributed by atoms with Crippen LogP contribution in [0.4, 0.5) is 5.69 Å². The third-order valence-electron chi connectivity index (χ3n) is 3.69. The third kappa shape index (κ3) is 2.99. The van der Waals surface area contributed by atoms with E-state index >= 15 is 0 Å². The maximum atomic E-state index is 6.37. The molecule has 1 atom stereocenters. The Hall–Kier alpha value is -0.730. The Kier molecular flexibility index (Phi) is 4.90. The highest BCUT2D eigenvalue weighted by Crippen LogP contribution is 2.32. The van der Waals surface area contributed by atoms with Crippen molar-refractivity contribution in [2.24, 2.45) is 0 Å². The van der Waals surface area contributed by atoms with Crippen LogP contribution in [0.15, 0.2) is 18.2 Å². The van der Waals surface area contributed by atoms with E-state index in [9.17, 15) is 0 Å². The van der Waals surface area contributed by atoms with E-state index in [1.54, 1.807) is 0 Å². The summed E-state index contributed by atoms with van der Waals surface area (Å²) in [5.41, 5.74) is 2.57. The Bertz CT molecular complexity index is 392. The average Bonchev–Trinajstić information content (AvgIpc) is 2.78. The van der Waals surface area contributed by atoms with Crippen LogP contribution in [0.5, 0.6) is 0 Å². The summed E-state index contributed by atoms with van der Waals surface area (Å²) in [4.78, 5) is 2.49. The van der Waals surface area contributed by atoms with Gasteiger partial charge < -0.3 is 10.2 Å². The van der Waals surface area contributed by atoms with Gasteiger partial charge >= 0.3 is 0 Å². The zero-order valence-electron chi connectivity index (χ0n) is 11.4. The smallest absolute Gasteiger partial charge is 0.0471 e. The molecular formula is C15H23ClN2. The van der Waals surface area contributed by atoms with Gasteiger partial charge in [0.05, 0.1) is 0 Å². The molecule has 0 spiro atoms. The van der Waals surface area contributed by atoms with Gasteiger partial charge in [0, 0.05) is 35.4 Å². The molecule has 1 unspecified atom stereocenters. The van der Waals surface area contributed by atoms with E-state index in [0.29, 0.717) is 6.04 Å². The Morgan fingerprint density at radius 1 is 1.44 bits per heavy atom. The molecule has 1 aliphatic rings. The van der Waals surface area contributed by atoms with E-state index in [1.165, 1.54) is 24.1 Å². The van der Waals surface area contributed by atoms with Gasteiger partial charge in [0.2, 0.25) is 0 Å². The van der Waals surface area contributed by atoms with Gasteiger partial charge in [-0.05, 0) is 44.9 Å². The summed E-state index contributed by atoms with van der Waals surface area (Å²) < 4.78 is 0. The van der Waals surface area contributed by atoms with Gasteiger partial charge in [0.1, 0.15) is 0 Å². The molecule has 0 radical (unpaired) electrons. The molecule has 1 heterocycles. The lowest BCUT2D eigenvalue weighted by atomic mass is 10.1. The fourth-order valence-electron chi connectivity index (χ4n) is 2.67. The molecule has 18 heavy (non-hydrogen) atoms. The Morgan fingerprint density at radius 2 is 2.28 bits per heavy atom. The number of nitrogens with zero attached hydrogens (tertiary/aromatic N) is 1. The first kappa shape index (κ1) is 13.7. The topological polar surface area (TPSA) is 15.3 Å². The number of rotatable bonds is 5. The van der Waals surface area contributed by atoms with Crippen molar-refractivity contribution in [1.82, 2.24) is 5.32 Å². The molecule has 0 bridgehead atoms. The fourth-order valence-corrected chi connectivity index (χ4v) is 2.91. The first-order valence-corrected chi connectivity index (χ1v) is 7.36. The highest BCUT2D eigenvalue weighted by molar-refractivity contribution is 6.31. The molecule has 2 nitrogen and oxygen atoms in total. The lowest BCUT2D eigenvalue weighted by Gasteiger charge is -2.27. The molecule has 1 aromatic rings. The summed E-state index contributed by atoms with van der Waals surface area (Å²) in [6, 6.07) is 6.89. The van der Waals surface area contributed by atoms with Crippen molar-refractivity contribution in [2.75, 3.05) is 18.0 Å². The molecule has 0 aromatic heterocycles. The summed E-state index contributed by atoms with van der Waals surface area (Å²) in [7, 11) is 0. The molecule has 0 saturated carbocycles. The maximum absolute atomic E-state index is 6.37. The highest BCUT2D eigenvalue weighted by Gasteiger charge is 2.23. The van der Waals surface area contributed by atoms with Crippen LogP contribution in [0.3, 0.4) is 0 Å². The first-order chi connectivity index (χ1) is 8.74. The van der Waals surface area contributed by atoms with E-state index in [-0.39, 0.29) is 0 Å². The van der Waals surface area contributed by atoms with E-state index in [4.69, 9.17) is 11.6 Å². The molecular weight excluding hydrogens is 244 g/mol. The lowest BCUT2D eigenvalue weighted by molar-refractivity contribution is 0.669. The van der Waals surface area contributed by atoms with E-state index in [2.05, 4.69) is 36.2 Å². The van der Waals surface area contributed by atoms with Gasteiger partial charge in [-0.1, -0.05) is 24.6 Å². The van der Waals surface area contributed by atoms with Crippen molar-refractivity contribution in [2.45, 2.75) is 45.7 Å². The quantitative estimate of drug-likeness (QED) is 0.815. The molecule has 0 amide bonds. The minimum absolute atomic E-state index is 0.633. The number of nitrogens with one attached hydrogen (secondary N) is 1. The molecule has 1 saturated heterocycles. The summed E-state index contributed by atoms with van der Waals surface area (Å²) >= 11 is 6.37. The largest absolute Gasteiger partial charge is 0.369 e. The van der Waals surface area contributed by atoms with Crippen LogP contribution < -0.4 is 10.2 Å². The summed E-state index contributed by atoms with van der Waals surface area (Å²) in [6.07, 6.45) is 3.73. The second-order valence-electron chi connectivity index (χ2n) is 5.10. The predicted molar refractivity (Wildman–Crippen MR) is 79.5 cm³/mol. The summed E-state index contributed by atoms with van der Waals surface area (Å²) in [6.45, 7) is 7.55. The van der Waals surface area contributed by atoms with Crippen LogP contribution in [0.2, 0.25) is 5.02 Å².